The molecule has 2 aromatic rings. The second-order valence-corrected chi connectivity index (χ2v) is 5.09. The van der Waals surface area contributed by atoms with Gasteiger partial charge in [-0.25, -0.2) is 0 Å². The normalized spacial score (nSPS) is 9.86. The second kappa shape index (κ2) is 6.91. The number of nitrogens with zero attached hydrogens (tertiary/aromatic N) is 2. The molecule has 22 heavy (non-hydrogen) atoms. The molecule has 2 aromatic carbocycles. The van der Waals surface area contributed by atoms with Gasteiger partial charge >= 0.3 is 5.69 Å². The van der Waals surface area contributed by atoms with Crippen LogP contribution in [-0.2, 0) is 0 Å². The summed E-state index contributed by atoms with van der Waals surface area (Å²) in [6.45, 7) is 2.18. The summed E-state index contributed by atoms with van der Waals surface area (Å²) in [5, 5.41) is 20.0. The van der Waals surface area contributed by atoms with E-state index in [1.54, 1.807) is 25.1 Å². The third kappa shape index (κ3) is 3.54. The van der Waals surface area contributed by atoms with Gasteiger partial charge in [-0.15, -0.1) is 0 Å². The van der Waals surface area contributed by atoms with Crippen LogP contribution in [0.1, 0.15) is 12.5 Å². The average Bonchev–Trinajstić information content (AvgIpc) is 2.50. The average molecular weight is 363 g/mol. The number of benzene rings is 2. The number of nitriles is 1. The first-order valence-electron chi connectivity index (χ1n) is 6.34. The van der Waals surface area contributed by atoms with Gasteiger partial charge in [-0.3, -0.25) is 10.1 Å². The number of hydrogen-bond acceptors (Lipinski definition) is 5. The predicted molar refractivity (Wildman–Crippen MR) is 83.2 cm³/mol. The molecule has 0 aliphatic carbocycles. The van der Waals surface area contributed by atoms with Gasteiger partial charge in [-0.05, 0) is 31.2 Å². The Morgan fingerprint density at radius 2 is 1.95 bits per heavy atom. The SMILES string of the molecule is CCOc1cc(C#N)ccc1Oc1ccc(Br)cc1[N+](=O)[O-]. The van der Waals surface area contributed by atoms with E-state index in [-0.39, 0.29) is 11.4 Å². The fourth-order valence-corrected chi connectivity index (χ4v) is 2.12. The molecule has 7 heteroatoms. The minimum Gasteiger partial charge on any atom is -0.490 e. The lowest BCUT2D eigenvalue weighted by atomic mass is 10.2. The van der Waals surface area contributed by atoms with Crippen LogP contribution in [0.4, 0.5) is 5.69 Å². The predicted octanol–water partition coefficient (Wildman–Crippen LogP) is 4.42. The molecule has 0 saturated carbocycles. The number of rotatable bonds is 5. The number of hydrogen-bond donors (Lipinski definition) is 0. The van der Waals surface area contributed by atoms with Crippen LogP contribution in [0.5, 0.6) is 17.2 Å². The zero-order valence-electron chi connectivity index (χ0n) is 11.6. The van der Waals surface area contributed by atoms with Crippen LogP contribution >= 0.6 is 15.9 Å². The van der Waals surface area contributed by atoms with E-state index in [4.69, 9.17) is 14.7 Å². The van der Waals surface area contributed by atoms with Crippen LogP contribution in [0, 0.1) is 21.4 Å². The Balaban J connectivity index is 2.43. The first-order valence-corrected chi connectivity index (χ1v) is 7.13. The highest BCUT2D eigenvalue weighted by Gasteiger charge is 2.18. The second-order valence-electron chi connectivity index (χ2n) is 4.18. The summed E-state index contributed by atoms with van der Waals surface area (Å²) < 4.78 is 11.6. The summed E-state index contributed by atoms with van der Waals surface area (Å²) >= 11 is 3.19. The molecule has 0 bridgehead atoms. The van der Waals surface area contributed by atoms with Crippen molar-refractivity contribution >= 4 is 21.6 Å². The van der Waals surface area contributed by atoms with E-state index in [1.807, 2.05) is 6.07 Å². The largest absolute Gasteiger partial charge is 0.490 e. The fourth-order valence-electron chi connectivity index (χ4n) is 1.77. The van der Waals surface area contributed by atoms with Gasteiger partial charge in [0.25, 0.3) is 0 Å². The van der Waals surface area contributed by atoms with E-state index in [1.165, 1.54) is 18.2 Å². The Bertz CT molecular complexity index is 756. The van der Waals surface area contributed by atoms with Gasteiger partial charge < -0.3 is 9.47 Å². The van der Waals surface area contributed by atoms with E-state index in [9.17, 15) is 10.1 Å². The van der Waals surface area contributed by atoms with Gasteiger partial charge in [-0.1, -0.05) is 15.9 Å². The van der Waals surface area contributed by atoms with Gasteiger partial charge in [0.1, 0.15) is 0 Å². The van der Waals surface area contributed by atoms with Crippen LogP contribution in [-0.4, -0.2) is 11.5 Å². The summed E-state index contributed by atoms with van der Waals surface area (Å²) in [6, 6.07) is 11.1. The summed E-state index contributed by atoms with van der Waals surface area (Å²) in [6.07, 6.45) is 0. The van der Waals surface area contributed by atoms with Crippen LogP contribution in [0.15, 0.2) is 40.9 Å². The van der Waals surface area contributed by atoms with Gasteiger partial charge in [0.05, 0.1) is 23.2 Å². The van der Waals surface area contributed by atoms with Gasteiger partial charge in [0.15, 0.2) is 11.5 Å². The summed E-state index contributed by atoms with van der Waals surface area (Å²) in [5.41, 5.74) is 0.252. The molecular formula is C15H11BrN2O4. The third-order valence-corrected chi connectivity index (χ3v) is 3.20. The topological polar surface area (TPSA) is 85.4 Å². The Hall–Kier alpha value is -2.59. The molecule has 2 rings (SSSR count). The van der Waals surface area contributed by atoms with E-state index in [0.717, 1.165) is 0 Å². The fraction of sp³-hybridized carbons (Fsp3) is 0.133. The number of halogens is 1. The molecule has 0 fully saturated rings. The maximum Gasteiger partial charge on any atom is 0.312 e. The van der Waals surface area contributed by atoms with Crippen molar-refractivity contribution in [1.29, 1.82) is 5.26 Å². The van der Waals surface area contributed by atoms with Gasteiger partial charge in [-0.2, -0.15) is 5.26 Å². The lowest BCUT2D eigenvalue weighted by Gasteiger charge is -2.12. The Kier molecular flexibility index (Phi) is 4.96. The molecule has 0 saturated heterocycles. The summed E-state index contributed by atoms with van der Waals surface area (Å²) in [5.74, 6) is 0.767. The van der Waals surface area contributed by atoms with Crippen molar-refractivity contribution in [3.05, 3.63) is 56.5 Å². The van der Waals surface area contributed by atoms with Crippen molar-refractivity contribution in [2.24, 2.45) is 0 Å². The van der Waals surface area contributed by atoms with E-state index in [2.05, 4.69) is 15.9 Å². The van der Waals surface area contributed by atoms with Crippen molar-refractivity contribution in [2.45, 2.75) is 6.92 Å². The standard InChI is InChI=1S/C15H11BrN2O4/c1-2-21-15-7-10(9-17)3-5-14(15)22-13-6-4-11(16)8-12(13)18(19)20/h3-8H,2H2,1H3. The first kappa shape index (κ1) is 15.8. The van der Waals surface area contributed by atoms with Gasteiger partial charge in [0.2, 0.25) is 5.75 Å². The maximum absolute atomic E-state index is 11.1. The van der Waals surface area contributed by atoms with E-state index < -0.39 is 4.92 Å². The van der Waals surface area contributed by atoms with Crippen molar-refractivity contribution in [2.75, 3.05) is 6.61 Å². The van der Waals surface area contributed by atoms with Crippen LogP contribution < -0.4 is 9.47 Å². The molecule has 0 aromatic heterocycles. The quantitative estimate of drug-likeness (QED) is 0.580. The molecule has 0 N–H and O–H groups in total. The molecule has 0 atom stereocenters. The monoisotopic (exact) mass is 362 g/mol. The minimum absolute atomic E-state index is 0.0962. The molecule has 0 radical (unpaired) electrons. The molecule has 0 unspecified atom stereocenters. The minimum atomic E-state index is -0.524. The lowest BCUT2D eigenvalue weighted by molar-refractivity contribution is -0.385. The Morgan fingerprint density at radius 3 is 2.59 bits per heavy atom. The van der Waals surface area contributed by atoms with E-state index in [0.29, 0.717) is 28.1 Å². The Labute approximate surface area is 135 Å². The summed E-state index contributed by atoms with van der Waals surface area (Å²) in [4.78, 5) is 10.6. The molecule has 0 aliphatic heterocycles. The molecule has 112 valence electrons. The smallest absolute Gasteiger partial charge is 0.312 e. The molecule has 0 amide bonds. The van der Waals surface area contributed by atoms with E-state index >= 15 is 0 Å². The zero-order valence-corrected chi connectivity index (χ0v) is 13.2. The molecule has 6 nitrogen and oxygen atoms in total. The van der Waals surface area contributed by atoms with Crippen LogP contribution in [0.25, 0.3) is 0 Å². The van der Waals surface area contributed by atoms with Crippen molar-refractivity contribution in [3.63, 3.8) is 0 Å². The van der Waals surface area contributed by atoms with Crippen LogP contribution in [0.2, 0.25) is 0 Å². The summed E-state index contributed by atoms with van der Waals surface area (Å²) in [7, 11) is 0. The highest BCUT2D eigenvalue weighted by atomic mass is 79.9. The highest BCUT2D eigenvalue weighted by Crippen LogP contribution is 2.37. The Morgan fingerprint density at radius 1 is 1.23 bits per heavy atom. The van der Waals surface area contributed by atoms with Crippen molar-refractivity contribution in [1.82, 2.24) is 0 Å². The molecule has 0 heterocycles. The lowest BCUT2D eigenvalue weighted by Crippen LogP contribution is -1.98. The van der Waals surface area contributed by atoms with Gasteiger partial charge in [0, 0.05) is 16.6 Å². The molecule has 0 aliphatic rings. The van der Waals surface area contributed by atoms with Crippen molar-refractivity contribution < 1.29 is 14.4 Å². The number of nitro benzene ring substituents is 1. The highest BCUT2D eigenvalue weighted by molar-refractivity contribution is 9.10. The molecule has 0 spiro atoms. The number of ether oxygens (including phenoxy) is 2. The third-order valence-electron chi connectivity index (χ3n) is 2.71. The number of nitro groups is 1. The maximum atomic E-state index is 11.1. The zero-order chi connectivity index (χ0) is 16.1. The molecular weight excluding hydrogens is 352 g/mol. The van der Waals surface area contributed by atoms with Crippen molar-refractivity contribution in [3.8, 4) is 23.3 Å². The first-order chi connectivity index (χ1) is 10.5. The van der Waals surface area contributed by atoms with Crippen LogP contribution in [0.3, 0.4) is 0 Å².